The first-order valence-corrected chi connectivity index (χ1v) is 5.64. The summed E-state index contributed by atoms with van der Waals surface area (Å²) in [4.78, 5) is 22.2. The fourth-order valence-corrected chi connectivity index (χ4v) is 1.06. The van der Waals surface area contributed by atoms with Gasteiger partial charge in [0.25, 0.3) is 0 Å². The minimum absolute atomic E-state index is 0.0751. The van der Waals surface area contributed by atoms with Crippen molar-refractivity contribution in [2.24, 2.45) is 5.92 Å². The second kappa shape index (κ2) is 8.53. The SMILES string of the molecule is CCOC(=O)CCCNC(=O)C(C)CCl. The van der Waals surface area contributed by atoms with Gasteiger partial charge in [0, 0.05) is 24.8 Å². The van der Waals surface area contributed by atoms with E-state index in [0.717, 1.165) is 0 Å². The molecule has 0 fully saturated rings. The topological polar surface area (TPSA) is 55.4 Å². The van der Waals surface area contributed by atoms with Gasteiger partial charge >= 0.3 is 5.97 Å². The first-order chi connectivity index (χ1) is 7.11. The summed E-state index contributed by atoms with van der Waals surface area (Å²) in [7, 11) is 0. The summed E-state index contributed by atoms with van der Waals surface area (Å²) in [6.45, 7) is 4.41. The molecule has 15 heavy (non-hydrogen) atoms. The van der Waals surface area contributed by atoms with E-state index in [1.807, 2.05) is 0 Å². The fraction of sp³-hybridized carbons (Fsp3) is 0.800. The molecule has 0 bridgehead atoms. The zero-order valence-corrected chi connectivity index (χ0v) is 9.97. The van der Waals surface area contributed by atoms with Crippen molar-refractivity contribution in [3.63, 3.8) is 0 Å². The number of rotatable bonds is 7. The minimum Gasteiger partial charge on any atom is -0.466 e. The van der Waals surface area contributed by atoms with Crippen LogP contribution < -0.4 is 5.32 Å². The molecule has 0 rings (SSSR count). The highest BCUT2D eigenvalue weighted by atomic mass is 35.5. The van der Waals surface area contributed by atoms with Crippen LogP contribution in [0, 0.1) is 5.92 Å². The van der Waals surface area contributed by atoms with Crippen molar-refractivity contribution in [1.29, 1.82) is 0 Å². The molecule has 0 aliphatic heterocycles. The van der Waals surface area contributed by atoms with Crippen molar-refractivity contribution in [2.75, 3.05) is 19.0 Å². The monoisotopic (exact) mass is 235 g/mol. The molecule has 1 amide bonds. The van der Waals surface area contributed by atoms with Crippen molar-refractivity contribution >= 4 is 23.5 Å². The molecule has 88 valence electrons. The molecule has 0 aromatic heterocycles. The molecule has 0 aromatic carbocycles. The molecule has 5 heteroatoms. The number of amides is 1. The minimum atomic E-state index is -0.225. The Labute approximate surface area is 95.3 Å². The van der Waals surface area contributed by atoms with Gasteiger partial charge in [-0.3, -0.25) is 9.59 Å². The summed E-state index contributed by atoms with van der Waals surface area (Å²) in [5.74, 6) is -0.177. The van der Waals surface area contributed by atoms with Gasteiger partial charge in [-0.1, -0.05) is 6.92 Å². The Balaban J connectivity index is 3.46. The highest BCUT2D eigenvalue weighted by Crippen LogP contribution is 1.98. The molecule has 0 saturated carbocycles. The first-order valence-electron chi connectivity index (χ1n) is 5.11. The molecule has 1 atom stereocenters. The molecular formula is C10H18ClNO3. The third-order valence-electron chi connectivity index (χ3n) is 1.84. The molecule has 1 unspecified atom stereocenters. The molecule has 0 aromatic rings. The molecular weight excluding hydrogens is 218 g/mol. The van der Waals surface area contributed by atoms with Gasteiger partial charge < -0.3 is 10.1 Å². The lowest BCUT2D eigenvalue weighted by Gasteiger charge is -2.08. The van der Waals surface area contributed by atoms with Crippen LogP contribution in [0.4, 0.5) is 0 Å². The third-order valence-corrected chi connectivity index (χ3v) is 2.30. The average molecular weight is 236 g/mol. The van der Waals surface area contributed by atoms with Crippen molar-refractivity contribution < 1.29 is 14.3 Å². The van der Waals surface area contributed by atoms with Gasteiger partial charge in [0.2, 0.25) is 5.91 Å². The largest absolute Gasteiger partial charge is 0.466 e. The summed E-state index contributed by atoms with van der Waals surface area (Å²) in [6, 6.07) is 0. The lowest BCUT2D eigenvalue weighted by molar-refractivity contribution is -0.143. The van der Waals surface area contributed by atoms with E-state index in [0.29, 0.717) is 31.9 Å². The van der Waals surface area contributed by atoms with Crippen LogP contribution in [0.3, 0.4) is 0 Å². The van der Waals surface area contributed by atoms with Crippen molar-refractivity contribution in [3.8, 4) is 0 Å². The van der Waals surface area contributed by atoms with Gasteiger partial charge in [0.1, 0.15) is 0 Å². The summed E-state index contributed by atoms with van der Waals surface area (Å²) >= 11 is 5.52. The maximum absolute atomic E-state index is 11.2. The van der Waals surface area contributed by atoms with Crippen molar-refractivity contribution in [3.05, 3.63) is 0 Å². The van der Waals surface area contributed by atoms with E-state index >= 15 is 0 Å². The molecule has 0 spiro atoms. The van der Waals surface area contributed by atoms with Gasteiger partial charge in [0.15, 0.2) is 0 Å². The van der Waals surface area contributed by atoms with Gasteiger partial charge in [-0.25, -0.2) is 0 Å². The molecule has 0 aliphatic rings. The average Bonchev–Trinajstić information content (AvgIpc) is 2.23. The van der Waals surface area contributed by atoms with E-state index in [2.05, 4.69) is 5.32 Å². The molecule has 0 aliphatic carbocycles. The van der Waals surface area contributed by atoms with E-state index in [1.165, 1.54) is 0 Å². The van der Waals surface area contributed by atoms with Crippen LogP contribution in [0.1, 0.15) is 26.7 Å². The quantitative estimate of drug-likeness (QED) is 0.411. The predicted molar refractivity (Wildman–Crippen MR) is 58.8 cm³/mol. The Hall–Kier alpha value is -0.770. The number of carbonyl (C=O) groups is 2. The predicted octanol–water partition coefficient (Wildman–Crippen LogP) is 1.32. The summed E-state index contributed by atoms with van der Waals surface area (Å²) in [6.07, 6.45) is 0.933. The van der Waals surface area contributed by atoms with Crippen LogP contribution >= 0.6 is 11.6 Å². The van der Waals surface area contributed by atoms with Gasteiger partial charge in [-0.2, -0.15) is 0 Å². The molecule has 4 nitrogen and oxygen atoms in total. The lowest BCUT2D eigenvalue weighted by atomic mass is 10.2. The molecule has 0 heterocycles. The van der Waals surface area contributed by atoms with E-state index in [9.17, 15) is 9.59 Å². The van der Waals surface area contributed by atoms with Crippen molar-refractivity contribution in [1.82, 2.24) is 5.32 Å². The van der Waals surface area contributed by atoms with Gasteiger partial charge in [-0.15, -0.1) is 11.6 Å². The highest BCUT2D eigenvalue weighted by molar-refractivity contribution is 6.19. The van der Waals surface area contributed by atoms with Crippen LogP contribution in [-0.2, 0) is 14.3 Å². The Bertz CT molecular complexity index is 209. The number of halogens is 1. The van der Waals surface area contributed by atoms with Crippen LogP contribution in [0.25, 0.3) is 0 Å². The Morgan fingerprint density at radius 3 is 2.67 bits per heavy atom. The lowest BCUT2D eigenvalue weighted by Crippen LogP contribution is -2.31. The van der Waals surface area contributed by atoms with Crippen LogP contribution in [0.15, 0.2) is 0 Å². The number of carbonyl (C=O) groups excluding carboxylic acids is 2. The smallest absolute Gasteiger partial charge is 0.305 e. The second-order valence-corrected chi connectivity index (χ2v) is 3.56. The Morgan fingerprint density at radius 1 is 1.47 bits per heavy atom. The van der Waals surface area contributed by atoms with E-state index in [1.54, 1.807) is 13.8 Å². The van der Waals surface area contributed by atoms with E-state index in [4.69, 9.17) is 16.3 Å². The number of hydrogen-bond donors (Lipinski definition) is 1. The van der Waals surface area contributed by atoms with Crippen LogP contribution in [0.2, 0.25) is 0 Å². The van der Waals surface area contributed by atoms with Crippen molar-refractivity contribution in [2.45, 2.75) is 26.7 Å². The normalized spacial score (nSPS) is 11.9. The van der Waals surface area contributed by atoms with Crippen LogP contribution in [-0.4, -0.2) is 30.9 Å². The number of nitrogens with one attached hydrogen (secondary N) is 1. The third kappa shape index (κ3) is 7.19. The van der Waals surface area contributed by atoms with E-state index < -0.39 is 0 Å². The van der Waals surface area contributed by atoms with Crippen LogP contribution in [0.5, 0.6) is 0 Å². The molecule has 0 saturated heterocycles. The highest BCUT2D eigenvalue weighted by Gasteiger charge is 2.10. The van der Waals surface area contributed by atoms with Gasteiger partial charge in [-0.05, 0) is 13.3 Å². The fourth-order valence-electron chi connectivity index (χ4n) is 0.922. The zero-order valence-electron chi connectivity index (χ0n) is 9.22. The summed E-state index contributed by atoms with van der Waals surface area (Å²) < 4.78 is 4.74. The standard InChI is InChI=1S/C10H18ClNO3/c1-3-15-9(13)5-4-6-12-10(14)8(2)7-11/h8H,3-7H2,1-2H3,(H,12,14). The number of ether oxygens (including phenoxy) is 1. The number of hydrogen-bond acceptors (Lipinski definition) is 3. The maximum Gasteiger partial charge on any atom is 0.305 e. The Kier molecular flexibility index (Phi) is 8.09. The Morgan fingerprint density at radius 2 is 2.13 bits per heavy atom. The van der Waals surface area contributed by atoms with E-state index in [-0.39, 0.29) is 17.8 Å². The maximum atomic E-state index is 11.2. The number of alkyl halides is 1. The molecule has 1 N–H and O–H groups in total. The molecule has 0 radical (unpaired) electrons. The summed E-state index contributed by atoms with van der Waals surface area (Å²) in [5, 5.41) is 2.70. The van der Waals surface area contributed by atoms with Gasteiger partial charge in [0.05, 0.1) is 6.61 Å². The second-order valence-electron chi connectivity index (χ2n) is 3.25. The summed E-state index contributed by atoms with van der Waals surface area (Å²) in [5.41, 5.74) is 0. The number of esters is 1. The zero-order chi connectivity index (χ0) is 11.7. The first kappa shape index (κ1) is 14.2.